The van der Waals surface area contributed by atoms with E-state index in [9.17, 15) is 9.18 Å². The van der Waals surface area contributed by atoms with Crippen LogP contribution in [0.3, 0.4) is 0 Å². The fourth-order valence-electron chi connectivity index (χ4n) is 2.42. The zero-order chi connectivity index (χ0) is 16.9. The van der Waals surface area contributed by atoms with E-state index in [1.807, 2.05) is 13.0 Å². The maximum absolute atomic E-state index is 12.9. The molecule has 1 aromatic heterocycles. The van der Waals surface area contributed by atoms with Crippen molar-refractivity contribution in [1.82, 2.24) is 14.9 Å². The number of ether oxygens (including phenoxy) is 2. The normalized spacial score (nSPS) is 17.6. The van der Waals surface area contributed by atoms with Gasteiger partial charge in [-0.3, -0.25) is 4.79 Å². The third-order valence-electron chi connectivity index (χ3n) is 3.70. The Morgan fingerprint density at radius 1 is 1.38 bits per heavy atom. The van der Waals surface area contributed by atoms with Crippen molar-refractivity contribution in [3.8, 4) is 5.75 Å². The van der Waals surface area contributed by atoms with Gasteiger partial charge in [0.15, 0.2) is 12.4 Å². The number of carbonyl (C=O) groups is 1. The van der Waals surface area contributed by atoms with Gasteiger partial charge in [0.05, 0.1) is 13.2 Å². The van der Waals surface area contributed by atoms with E-state index < -0.39 is 0 Å². The number of aromatic nitrogens is 2. The second-order valence-corrected chi connectivity index (χ2v) is 5.50. The Hall–Kier alpha value is -2.54. The monoisotopic (exact) mass is 331 g/mol. The standard InChI is InChI=1S/C17H18FN3O3/c1-12-6-7-19-17(20-12)15-10-21(8-9-23-15)16(22)11-24-14-4-2-13(18)3-5-14/h2-7,15H,8-11H2,1H3/t15-/m1/s1. The van der Waals surface area contributed by atoms with Crippen LogP contribution in [0.4, 0.5) is 4.39 Å². The first-order valence-corrected chi connectivity index (χ1v) is 7.69. The average molecular weight is 331 g/mol. The predicted octanol–water partition coefficient (Wildman–Crippen LogP) is 1.90. The number of hydrogen-bond donors (Lipinski definition) is 0. The lowest BCUT2D eigenvalue weighted by molar-refractivity contribution is -0.141. The van der Waals surface area contributed by atoms with Crippen molar-refractivity contribution in [2.24, 2.45) is 0 Å². The molecule has 0 saturated carbocycles. The summed E-state index contributed by atoms with van der Waals surface area (Å²) in [5, 5.41) is 0. The van der Waals surface area contributed by atoms with Gasteiger partial charge < -0.3 is 14.4 Å². The van der Waals surface area contributed by atoms with Gasteiger partial charge in [0.25, 0.3) is 5.91 Å². The molecule has 0 radical (unpaired) electrons. The number of halogens is 1. The summed E-state index contributed by atoms with van der Waals surface area (Å²) in [5.74, 6) is 0.534. The van der Waals surface area contributed by atoms with Gasteiger partial charge in [-0.25, -0.2) is 14.4 Å². The molecule has 24 heavy (non-hydrogen) atoms. The zero-order valence-corrected chi connectivity index (χ0v) is 13.3. The van der Waals surface area contributed by atoms with Crippen molar-refractivity contribution in [2.45, 2.75) is 13.0 Å². The second-order valence-electron chi connectivity index (χ2n) is 5.50. The minimum Gasteiger partial charge on any atom is -0.484 e. The molecule has 1 aromatic carbocycles. The van der Waals surface area contributed by atoms with Crippen molar-refractivity contribution in [3.63, 3.8) is 0 Å². The summed E-state index contributed by atoms with van der Waals surface area (Å²) < 4.78 is 23.9. The quantitative estimate of drug-likeness (QED) is 0.856. The Morgan fingerprint density at radius 2 is 2.17 bits per heavy atom. The molecule has 1 aliphatic heterocycles. The number of aryl methyl sites for hydroxylation is 1. The molecular weight excluding hydrogens is 313 g/mol. The van der Waals surface area contributed by atoms with Gasteiger partial charge in [0, 0.05) is 18.4 Å². The number of morpholine rings is 1. The molecule has 1 fully saturated rings. The highest BCUT2D eigenvalue weighted by Crippen LogP contribution is 2.19. The van der Waals surface area contributed by atoms with Gasteiger partial charge in [-0.1, -0.05) is 0 Å². The molecule has 1 amide bonds. The van der Waals surface area contributed by atoms with Crippen LogP contribution in [0.15, 0.2) is 36.5 Å². The van der Waals surface area contributed by atoms with Crippen LogP contribution in [-0.4, -0.2) is 47.1 Å². The van der Waals surface area contributed by atoms with E-state index in [1.54, 1.807) is 11.1 Å². The van der Waals surface area contributed by atoms with Crippen LogP contribution in [0.5, 0.6) is 5.75 Å². The van der Waals surface area contributed by atoms with Crippen LogP contribution in [0.1, 0.15) is 17.6 Å². The fourth-order valence-corrected chi connectivity index (χ4v) is 2.42. The molecular formula is C17H18FN3O3. The van der Waals surface area contributed by atoms with Gasteiger partial charge in [-0.15, -0.1) is 0 Å². The molecule has 1 saturated heterocycles. The van der Waals surface area contributed by atoms with Crippen molar-refractivity contribution >= 4 is 5.91 Å². The minimum absolute atomic E-state index is 0.104. The van der Waals surface area contributed by atoms with E-state index in [0.29, 0.717) is 31.3 Å². The highest BCUT2D eigenvalue weighted by Gasteiger charge is 2.27. The lowest BCUT2D eigenvalue weighted by atomic mass is 10.2. The Labute approximate surface area is 139 Å². The summed E-state index contributed by atoms with van der Waals surface area (Å²) >= 11 is 0. The molecule has 0 unspecified atom stereocenters. The summed E-state index contributed by atoms with van der Waals surface area (Å²) in [7, 11) is 0. The Balaban J connectivity index is 1.57. The van der Waals surface area contributed by atoms with Gasteiger partial charge in [0.2, 0.25) is 0 Å². The maximum Gasteiger partial charge on any atom is 0.260 e. The summed E-state index contributed by atoms with van der Waals surface area (Å²) in [6.07, 6.45) is 1.34. The lowest BCUT2D eigenvalue weighted by Crippen LogP contribution is -2.44. The molecule has 3 rings (SSSR count). The SMILES string of the molecule is Cc1ccnc([C@H]2CN(C(=O)COc3ccc(F)cc3)CCO2)n1. The lowest BCUT2D eigenvalue weighted by Gasteiger charge is -2.32. The Bertz CT molecular complexity index is 708. The largest absolute Gasteiger partial charge is 0.484 e. The molecule has 6 nitrogen and oxygen atoms in total. The summed E-state index contributed by atoms with van der Waals surface area (Å²) in [6, 6.07) is 7.38. The van der Waals surface area contributed by atoms with Crippen molar-refractivity contribution in [2.75, 3.05) is 26.3 Å². The number of rotatable bonds is 4. The zero-order valence-electron chi connectivity index (χ0n) is 13.3. The summed E-state index contributed by atoms with van der Waals surface area (Å²) in [4.78, 5) is 22.6. The van der Waals surface area contributed by atoms with Crippen molar-refractivity contribution in [1.29, 1.82) is 0 Å². The Kier molecular flexibility index (Phi) is 5.00. The van der Waals surface area contributed by atoms with Crippen LogP contribution in [-0.2, 0) is 9.53 Å². The molecule has 1 atom stereocenters. The molecule has 2 aromatic rings. The molecule has 0 bridgehead atoms. The van der Waals surface area contributed by atoms with Crippen LogP contribution >= 0.6 is 0 Å². The van der Waals surface area contributed by atoms with E-state index in [0.717, 1.165) is 5.69 Å². The molecule has 1 aliphatic rings. The Morgan fingerprint density at radius 3 is 2.92 bits per heavy atom. The topological polar surface area (TPSA) is 64.6 Å². The van der Waals surface area contributed by atoms with E-state index in [4.69, 9.17) is 9.47 Å². The first-order chi connectivity index (χ1) is 11.6. The summed E-state index contributed by atoms with van der Waals surface area (Å²) in [6.45, 7) is 3.08. The minimum atomic E-state index is -0.345. The fraction of sp³-hybridized carbons (Fsp3) is 0.353. The highest BCUT2D eigenvalue weighted by molar-refractivity contribution is 5.77. The number of hydrogen-bond acceptors (Lipinski definition) is 5. The van der Waals surface area contributed by atoms with Gasteiger partial charge >= 0.3 is 0 Å². The van der Waals surface area contributed by atoms with Gasteiger partial charge in [-0.05, 0) is 37.3 Å². The first kappa shape index (κ1) is 16.3. The number of nitrogens with zero attached hydrogens (tertiary/aromatic N) is 3. The van der Waals surface area contributed by atoms with Gasteiger partial charge in [0.1, 0.15) is 17.7 Å². The van der Waals surface area contributed by atoms with E-state index in [2.05, 4.69) is 9.97 Å². The summed E-state index contributed by atoms with van der Waals surface area (Å²) in [5.41, 5.74) is 0.853. The average Bonchev–Trinajstić information content (AvgIpc) is 2.61. The van der Waals surface area contributed by atoms with E-state index >= 15 is 0 Å². The van der Waals surface area contributed by atoms with Crippen LogP contribution in [0.2, 0.25) is 0 Å². The predicted molar refractivity (Wildman–Crippen MR) is 83.9 cm³/mol. The van der Waals surface area contributed by atoms with E-state index in [-0.39, 0.29) is 24.4 Å². The van der Waals surface area contributed by atoms with Crippen LogP contribution in [0.25, 0.3) is 0 Å². The molecule has 7 heteroatoms. The van der Waals surface area contributed by atoms with Crippen molar-refractivity contribution < 1.29 is 18.7 Å². The molecule has 0 N–H and O–H groups in total. The molecule has 0 spiro atoms. The molecule has 0 aliphatic carbocycles. The third-order valence-corrected chi connectivity index (χ3v) is 3.70. The number of amides is 1. The number of benzene rings is 1. The maximum atomic E-state index is 12.9. The third kappa shape index (κ3) is 4.05. The van der Waals surface area contributed by atoms with Crippen molar-refractivity contribution in [3.05, 3.63) is 53.9 Å². The number of carbonyl (C=O) groups excluding carboxylic acids is 1. The highest BCUT2D eigenvalue weighted by atomic mass is 19.1. The first-order valence-electron chi connectivity index (χ1n) is 7.69. The van der Waals surface area contributed by atoms with Crippen LogP contribution < -0.4 is 4.74 Å². The van der Waals surface area contributed by atoms with Crippen LogP contribution in [0, 0.1) is 12.7 Å². The van der Waals surface area contributed by atoms with E-state index in [1.165, 1.54) is 24.3 Å². The smallest absolute Gasteiger partial charge is 0.260 e. The molecule has 2 heterocycles. The second kappa shape index (κ2) is 7.35. The van der Waals surface area contributed by atoms with Gasteiger partial charge in [-0.2, -0.15) is 0 Å². The molecule has 126 valence electrons.